The molecule has 0 saturated carbocycles. The van der Waals surface area contributed by atoms with E-state index in [0.29, 0.717) is 5.75 Å². The van der Waals surface area contributed by atoms with Crippen molar-refractivity contribution in [2.24, 2.45) is 0 Å². The number of carbonyl (C=O) groups excluding carboxylic acids is 2. The number of hydrogen-bond acceptors (Lipinski definition) is 5. The first-order chi connectivity index (χ1) is 8.30. The monoisotopic (exact) mass is 275 g/mol. The standard InChI is InChI=1S/C12H21NO4S/c1-6-16-10(14)9(8-18-7-2)13-11(15)17-12(3,4)5/h7,9H,2,6,8H2,1,3-5H3,(H,13,15). The molecule has 0 radical (unpaired) electrons. The van der Waals surface area contributed by atoms with Crippen LogP contribution in [0.2, 0.25) is 0 Å². The summed E-state index contributed by atoms with van der Waals surface area (Å²) in [5.41, 5.74) is -0.602. The molecule has 0 saturated heterocycles. The van der Waals surface area contributed by atoms with Gasteiger partial charge in [-0.2, -0.15) is 0 Å². The molecule has 0 aliphatic rings. The Bertz CT molecular complexity index is 299. The summed E-state index contributed by atoms with van der Waals surface area (Å²) in [6.45, 7) is 10.8. The van der Waals surface area contributed by atoms with Gasteiger partial charge >= 0.3 is 12.1 Å². The van der Waals surface area contributed by atoms with Gasteiger partial charge in [0.05, 0.1) is 6.61 Å². The van der Waals surface area contributed by atoms with Crippen molar-refractivity contribution in [1.82, 2.24) is 5.32 Å². The average Bonchev–Trinajstić information content (AvgIpc) is 2.21. The molecule has 6 heteroatoms. The summed E-state index contributed by atoms with van der Waals surface area (Å²) in [4.78, 5) is 23.2. The second-order valence-corrected chi connectivity index (χ2v) is 5.45. The second-order valence-electron chi connectivity index (χ2n) is 4.45. The quantitative estimate of drug-likeness (QED) is 0.754. The lowest BCUT2D eigenvalue weighted by Crippen LogP contribution is -2.45. The summed E-state index contributed by atoms with van der Waals surface area (Å²) in [6, 6.07) is -0.734. The van der Waals surface area contributed by atoms with E-state index in [1.54, 1.807) is 33.1 Å². The van der Waals surface area contributed by atoms with E-state index in [-0.39, 0.29) is 6.61 Å². The van der Waals surface area contributed by atoms with Gasteiger partial charge in [-0.1, -0.05) is 6.58 Å². The maximum atomic E-state index is 11.6. The van der Waals surface area contributed by atoms with E-state index in [2.05, 4.69) is 11.9 Å². The molecule has 1 N–H and O–H groups in total. The lowest BCUT2D eigenvalue weighted by molar-refractivity contribution is -0.144. The summed E-state index contributed by atoms with van der Waals surface area (Å²) < 4.78 is 9.96. The Morgan fingerprint density at radius 1 is 1.44 bits per heavy atom. The van der Waals surface area contributed by atoms with Crippen LogP contribution < -0.4 is 5.32 Å². The van der Waals surface area contributed by atoms with Crippen molar-refractivity contribution in [2.45, 2.75) is 39.3 Å². The highest BCUT2D eigenvalue weighted by atomic mass is 32.2. The summed E-state index contributed by atoms with van der Waals surface area (Å²) in [5.74, 6) is -0.112. The minimum Gasteiger partial charge on any atom is -0.464 e. The fourth-order valence-corrected chi connectivity index (χ4v) is 1.57. The van der Waals surface area contributed by atoms with Gasteiger partial charge in [-0.05, 0) is 33.1 Å². The lowest BCUT2D eigenvalue weighted by Gasteiger charge is -2.22. The highest BCUT2D eigenvalue weighted by molar-refractivity contribution is 8.02. The Labute approximate surface area is 112 Å². The SMILES string of the molecule is C=CSCC(NC(=O)OC(C)(C)C)C(=O)OCC. The first kappa shape index (κ1) is 16.8. The predicted octanol–water partition coefficient (Wildman–Crippen LogP) is 2.32. The molecule has 0 rings (SSSR count). The zero-order valence-electron chi connectivity index (χ0n) is 11.3. The maximum absolute atomic E-state index is 11.6. The molecule has 0 aliphatic heterocycles. The molecule has 1 atom stereocenters. The lowest BCUT2D eigenvalue weighted by atomic mass is 10.2. The molecule has 0 heterocycles. The second kappa shape index (κ2) is 8.02. The van der Waals surface area contributed by atoms with Crippen molar-refractivity contribution in [3.05, 3.63) is 12.0 Å². The van der Waals surface area contributed by atoms with E-state index in [0.717, 1.165) is 0 Å². The van der Waals surface area contributed by atoms with Crippen LogP contribution in [0, 0.1) is 0 Å². The van der Waals surface area contributed by atoms with Crippen LogP contribution in [0.5, 0.6) is 0 Å². The molecule has 0 bridgehead atoms. The van der Waals surface area contributed by atoms with Gasteiger partial charge < -0.3 is 14.8 Å². The van der Waals surface area contributed by atoms with Crippen LogP contribution in [0.15, 0.2) is 12.0 Å². The van der Waals surface area contributed by atoms with Gasteiger partial charge in [-0.25, -0.2) is 9.59 Å². The van der Waals surface area contributed by atoms with Crippen LogP contribution >= 0.6 is 11.8 Å². The number of hydrogen-bond donors (Lipinski definition) is 1. The van der Waals surface area contributed by atoms with Gasteiger partial charge in [-0.15, -0.1) is 11.8 Å². The third-order valence-electron chi connectivity index (χ3n) is 1.64. The molecular weight excluding hydrogens is 254 g/mol. The zero-order chi connectivity index (χ0) is 14.2. The van der Waals surface area contributed by atoms with Gasteiger partial charge in [0.15, 0.2) is 0 Å². The van der Waals surface area contributed by atoms with Gasteiger partial charge in [0, 0.05) is 5.75 Å². The van der Waals surface area contributed by atoms with Crippen molar-refractivity contribution >= 4 is 23.8 Å². The van der Waals surface area contributed by atoms with Crippen molar-refractivity contribution in [1.29, 1.82) is 0 Å². The summed E-state index contributed by atoms with van der Waals surface area (Å²) in [5, 5.41) is 4.09. The molecule has 0 aliphatic carbocycles. The first-order valence-electron chi connectivity index (χ1n) is 5.68. The Balaban J connectivity index is 4.43. The van der Waals surface area contributed by atoms with E-state index in [1.165, 1.54) is 11.8 Å². The zero-order valence-corrected chi connectivity index (χ0v) is 12.1. The number of amides is 1. The minimum atomic E-state index is -0.734. The van der Waals surface area contributed by atoms with Crippen molar-refractivity contribution in [3.63, 3.8) is 0 Å². The molecule has 0 aromatic heterocycles. The number of alkyl carbamates (subject to hydrolysis) is 1. The fourth-order valence-electron chi connectivity index (χ4n) is 1.03. The first-order valence-corrected chi connectivity index (χ1v) is 6.73. The molecule has 104 valence electrons. The van der Waals surface area contributed by atoms with Crippen LogP contribution in [0.25, 0.3) is 0 Å². The molecule has 0 aromatic rings. The van der Waals surface area contributed by atoms with E-state index in [4.69, 9.17) is 9.47 Å². The van der Waals surface area contributed by atoms with Crippen molar-refractivity contribution in [2.75, 3.05) is 12.4 Å². The fraction of sp³-hybridized carbons (Fsp3) is 0.667. The third kappa shape index (κ3) is 8.00. The molecular formula is C12H21NO4S. The molecule has 1 unspecified atom stereocenters. The topological polar surface area (TPSA) is 64.6 Å². The number of nitrogens with one attached hydrogen (secondary N) is 1. The smallest absolute Gasteiger partial charge is 0.408 e. The Kier molecular flexibility index (Phi) is 7.50. The molecule has 0 fully saturated rings. The average molecular weight is 275 g/mol. The normalized spacial score (nSPS) is 12.4. The molecule has 1 amide bonds. The summed E-state index contributed by atoms with van der Waals surface area (Å²) in [7, 11) is 0. The molecule has 5 nitrogen and oxygen atoms in total. The number of esters is 1. The molecule has 18 heavy (non-hydrogen) atoms. The van der Waals surface area contributed by atoms with Crippen LogP contribution in [0.1, 0.15) is 27.7 Å². The van der Waals surface area contributed by atoms with Crippen molar-refractivity contribution in [3.8, 4) is 0 Å². The van der Waals surface area contributed by atoms with E-state index in [9.17, 15) is 9.59 Å². The van der Waals surface area contributed by atoms with Gasteiger partial charge in [-0.3, -0.25) is 0 Å². The van der Waals surface area contributed by atoms with Gasteiger partial charge in [0.1, 0.15) is 11.6 Å². The Morgan fingerprint density at radius 3 is 2.50 bits per heavy atom. The Morgan fingerprint density at radius 2 is 2.06 bits per heavy atom. The van der Waals surface area contributed by atoms with Crippen LogP contribution in [0.4, 0.5) is 4.79 Å². The third-order valence-corrected chi connectivity index (χ3v) is 2.40. The van der Waals surface area contributed by atoms with Gasteiger partial charge in [0.25, 0.3) is 0 Å². The number of ether oxygens (including phenoxy) is 2. The highest BCUT2D eigenvalue weighted by Gasteiger charge is 2.24. The van der Waals surface area contributed by atoms with Crippen molar-refractivity contribution < 1.29 is 19.1 Å². The Hall–Kier alpha value is -1.17. The van der Waals surface area contributed by atoms with E-state index < -0.39 is 23.7 Å². The minimum absolute atomic E-state index is 0.268. The highest BCUT2D eigenvalue weighted by Crippen LogP contribution is 2.09. The summed E-state index contributed by atoms with van der Waals surface area (Å²) >= 11 is 1.32. The number of thioether (sulfide) groups is 1. The van der Waals surface area contributed by atoms with Crippen LogP contribution in [0.3, 0.4) is 0 Å². The van der Waals surface area contributed by atoms with Crippen LogP contribution in [-0.4, -0.2) is 36.1 Å². The largest absolute Gasteiger partial charge is 0.464 e. The number of rotatable bonds is 6. The summed E-state index contributed by atoms with van der Waals surface area (Å²) in [6.07, 6.45) is -0.634. The molecule has 0 spiro atoms. The van der Waals surface area contributed by atoms with Crippen LogP contribution in [-0.2, 0) is 14.3 Å². The van der Waals surface area contributed by atoms with Gasteiger partial charge in [0.2, 0.25) is 0 Å². The maximum Gasteiger partial charge on any atom is 0.408 e. The van der Waals surface area contributed by atoms with E-state index >= 15 is 0 Å². The predicted molar refractivity (Wildman–Crippen MR) is 72.4 cm³/mol. The number of carbonyl (C=O) groups is 2. The van der Waals surface area contributed by atoms with E-state index in [1.807, 2.05) is 0 Å². The molecule has 0 aromatic carbocycles.